The van der Waals surface area contributed by atoms with Crippen molar-refractivity contribution in [2.45, 2.75) is 38.2 Å². The summed E-state index contributed by atoms with van der Waals surface area (Å²) in [5, 5.41) is 13.9. The lowest BCUT2D eigenvalue weighted by Gasteiger charge is -2.16. The van der Waals surface area contributed by atoms with E-state index in [-0.39, 0.29) is 17.7 Å². The number of rotatable bonds is 8. The van der Waals surface area contributed by atoms with Crippen LogP contribution in [-0.2, 0) is 6.42 Å². The third-order valence-corrected chi connectivity index (χ3v) is 5.33. The normalized spacial score (nSPS) is 14.1. The molecule has 1 aliphatic rings. The first kappa shape index (κ1) is 19.2. The number of hydrogen-bond donors (Lipinski definition) is 2. The highest BCUT2D eigenvalue weighted by atomic mass is 32.1. The van der Waals surface area contributed by atoms with Crippen molar-refractivity contribution in [2.24, 2.45) is 0 Å². The van der Waals surface area contributed by atoms with Crippen LogP contribution in [0.5, 0.6) is 11.5 Å². The fourth-order valence-corrected chi connectivity index (χ4v) is 3.78. The smallest absolute Gasteiger partial charge is 0.355 e. The number of carbonyl (C=O) groups excluding carboxylic acids is 1. The van der Waals surface area contributed by atoms with Gasteiger partial charge in [0, 0.05) is 23.9 Å². The monoisotopic (exact) mass is 390 g/mol. The first-order chi connectivity index (χ1) is 13.1. The molecule has 144 valence electrons. The first-order valence-electron chi connectivity index (χ1n) is 8.87. The van der Waals surface area contributed by atoms with Gasteiger partial charge in [-0.1, -0.05) is 0 Å². The highest BCUT2D eigenvalue weighted by molar-refractivity contribution is 7.09. The van der Waals surface area contributed by atoms with Crippen molar-refractivity contribution in [1.82, 2.24) is 10.3 Å². The van der Waals surface area contributed by atoms with Crippen LogP contribution >= 0.6 is 11.3 Å². The van der Waals surface area contributed by atoms with E-state index in [0.29, 0.717) is 35.0 Å². The molecule has 7 nitrogen and oxygen atoms in total. The number of aromatic carboxylic acids is 1. The number of ether oxygens (including phenoxy) is 2. The Bertz CT molecular complexity index is 814. The molecular formula is C19H22N2O5S. The van der Waals surface area contributed by atoms with Crippen LogP contribution in [0, 0.1) is 0 Å². The molecule has 8 heteroatoms. The van der Waals surface area contributed by atoms with E-state index in [9.17, 15) is 9.59 Å². The Morgan fingerprint density at radius 1 is 1.30 bits per heavy atom. The molecule has 1 amide bonds. The Morgan fingerprint density at radius 3 is 2.74 bits per heavy atom. The minimum Gasteiger partial charge on any atom is -0.493 e. The lowest BCUT2D eigenvalue weighted by Crippen LogP contribution is -2.25. The zero-order chi connectivity index (χ0) is 19.2. The summed E-state index contributed by atoms with van der Waals surface area (Å²) in [5.74, 6) is -0.0657. The summed E-state index contributed by atoms with van der Waals surface area (Å²) in [5.41, 5.74) is 0.527. The van der Waals surface area contributed by atoms with Crippen molar-refractivity contribution >= 4 is 23.2 Å². The number of amides is 1. The van der Waals surface area contributed by atoms with Gasteiger partial charge in [-0.25, -0.2) is 9.78 Å². The number of carboxylic acids is 1. The molecule has 1 heterocycles. The van der Waals surface area contributed by atoms with Gasteiger partial charge in [0.25, 0.3) is 5.91 Å². The van der Waals surface area contributed by atoms with Crippen molar-refractivity contribution in [1.29, 1.82) is 0 Å². The van der Waals surface area contributed by atoms with E-state index in [1.54, 1.807) is 25.3 Å². The minimum absolute atomic E-state index is 0.0326. The molecule has 0 saturated heterocycles. The Kier molecular flexibility index (Phi) is 6.28. The van der Waals surface area contributed by atoms with Crippen LogP contribution in [-0.4, -0.2) is 41.7 Å². The van der Waals surface area contributed by atoms with Gasteiger partial charge in [-0.3, -0.25) is 4.79 Å². The molecule has 1 aliphatic carbocycles. The van der Waals surface area contributed by atoms with Gasteiger partial charge in [-0.05, 0) is 43.9 Å². The lowest BCUT2D eigenvalue weighted by molar-refractivity contribution is 0.0690. The number of aromatic nitrogens is 1. The number of carbonyl (C=O) groups is 2. The maximum absolute atomic E-state index is 12.4. The Balaban J connectivity index is 1.59. The van der Waals surface area contributed by atoms with Crippen molar-refractivity contribution in [2.75, 3.05) is 13.7 Å². The number of benzene rings is 1. The van der Waals surface area contributed by atoms with Gasteiger partial charge >= 0.3 is 5.97 Å². The Labute approximate surface area is 161 Å². The summed E-state index contributed by atoms with van der Waals surface area (Å²) >= 11 is 1.27. The standard InChI is InChI=1S/C19H22N2O5S/c1-25-15-7-6-12(10-16(15)26-13-4-2-3-5-13)18(22)20-9-8-17-21-14(11-27-17)19(23)24/h6-7,10-11,13H,2-5,8-9H2,1H3,(H,20,22)(H,23,24). The molecule has 0 bridgehead atoms. The van der Waals surface area contributed by atoms with E-state index in [4.69, 9.17) is 14.6 Å². The van der Waals surface area contributed by atoms with Gasteiger partial charge in [-0.15, -0.1) is 11.3 Å². The SMILES string of the molecule is COc1ccc(C(=O)NCCc2nc(C(=O)O)cs2)cc1OC1CCCC1. The number of nitrogens with zero attached hydrogens (tertiary/aromatic N) is 1. The van der Waals surface area contributed by atoms with Crippen molar-refractivity contribution in [3.63, 3.8) is 0 Å². The number of methoxy groups -OCH3 is 1. The second kappa shape index (κ2) is 8.85. The van der Waals surface area contributed by atoms with Crippen molar-refractivity contribution in [3.05, 3.63) is 39.8 Å². The van der Waals surface area contributed by atoms with E-state index < -0.39 is 5.97 Å². The van der Waals surface area contributed by atoms with E-state index in [1.807, 2.05) is 0 Å². The maximum Gasteiger partial charge on any atom is 0.355 e. The van der Waals surface area contributed by atoms with Crippen LogP contribution in [0.25, 0.3) is 0 Å². The van der Waals surface area contributed by atoms with Gasteiger partial charge in [0.2, 0.25) is 0 Å². The molecule has 0 radical (unpaired) electrons. The molecule has 1 aromatic heterocycles. The number of nitrogens with one attached hydrogen (secondary N) is 1. The third kappa shape index (κ3) is 4.97. The second-order valence-electron chi connectivity index (χ2n) is 6.33. The molecule has 1 saturated carbocycles. The van der Waals surface area contributed by atoms with Crippen molar-refractivity contribution in [3.8, 4) is 11.5 Å². The average Bonchev–Trinajstić information content (AvgIpc) is 3.33. The maximum atomic E-state index is 12.4. The topological polar surface area (TPSA) is 97.8 Å². The summed E-state index contributed by atoms with van der Waals surface area (Å²) < 4.78 is 11.4. The number of thiazole rings is 1. The summed E-state index contributed by atoms with van der Waals surface area (Å²) in [7, 11) is 1.58. The van der Waals surface area contributed by atoms with Gasteiger partial charge in [0.1, 0.15) is 0 Å². The van der Waals surface area contributed by atoms with E-state index in [2.05, 4.69) is 10.3 Å². The van der Waals surface area contributed by atoms with E-state index in [1.165, 1.54) is 16.7 Å². The highest BCUT2D eigenvalue weighted by Crippen LogP contribution is 2.32. The highest BCUT2D eigenvalue weighted by Gasteiger charge is 2.19. The van der Waals surface area contributed by atoms with Crippen LogP contribution in [0.2, 0.25) is 0 Å². The number of hydrogen-bond acceptors (Lipinski definition) is 6. The third-order valence-electron chi connectivity index (χ3n) is 4.42. The van der Waals surface area contributed by atoms with E-state index >= 15 is 0 Å². The predicted molar refractivity (Wildman–Crippen MR) is 101 cm³/mol. The van der Waals surface area contributed by atoms with Gasteiger partial charge < -0.3 is 19.9 Å². The molecule has 0 atom stereocenters. The van der Waals surface area contributed by atoms with Crippen LogP contribution in [0.4, 0.5) is 0 Å². The fourth-order valence-electron chi connectivity index (χ4n) is 3.00. The number of carboxylic acid groups (broad SMARTS) is 1. The Hall–Kier alpha value is -2.61. The molecular weight excluding hydrogens is 368 g/mol. The zero-order valence-electron chi connectivity index (χ0n) is 15.1. The van der Waals surface area contributed by atoms with E-state index in [0.717, 1.165) is 25.7 Å². The largest absolute Gasteiger partial charge is 0.493 e. The molecule has 2 N–H and O–H groups in total. The van der Waals surface area contributed by atoms with Gasteiger partial charge in [-0.2, -0.15) is 0 Å². The molecule has 27 heavy (non-hydrogen) atoms. The van der Waals surface area contributed by atoms with Crippen LogP contribution in [0.3, 0.4) is 0 Å². The molecule has 1 aromatic carbocycles. The first-order valence-corrected chi connectivity index (χ1v) is 9.75. The van der Waals surface area contributed by atoms with Gasteiger partial charge in [0.05, 0.1) is 18.2 Å². The zero-order valence-corrected chi connectivity index (χ0v) is 15.9. The summed E-state index contributed by atoms with van der Waals surface area (Å²) in [6.45, 7) is 0.371. The van der Waals surface area contributed by atoms with Gasteiger partial charge in [0.15, 0.2) is 17.2 Å². The molecule has 0 unspecified atom stereocenters. The molecule has 0 spiro atoms. The van der Waals surface area contributed by atoms with Crippen molar-refractivity contribution < 1.29 is 24.2 Å². The molecule has 0 aliphatic heterocycles. The average molecular weight is 390 g/mol. The minimum atomic E-state index is -1.05. The summed E-state index contributed by atoms with van der Waals surface area (Å²) in [6.07, 6.45) is 5.01. The summed E-state index contributed by atoms with van der Waals surface area (Å²) in [6, 6.07) is 5.14. The second-order valence-corrected chi connectivity index (χ2v) is 7.27. The summed E-state index contributed by atoms with van der Waals surface area (Å²) in [4.78, 5) is 27.3. The molecule has 2 aromatic rings. The lowest BCUT2D eigenvalue weighted by atomic mass is 10.2. The quantitative estimate of drug-likeness (QED) is 0.719. The van der Waals surface area contributed by atoms with Crippen LogP contribution < -0.4 is 14.8 Å². The fraction of sp³-hybridized carbons (Fsp3) is 0.421. The molecule has 1 fully saturated rings. The molecule has 3 rings (SSSR count). The Morgan fingerprint density at radius 2 is 2.07 bits per heavy atom. The van der Waals surface area contributed by atoms with Crippen LogP contribution in [0.15, 0.2) is 23.6 Å². The predicted octanol–water partition coefficient (Wildman–Crippen LogP) is 3.14. The van der Waals surface area contributed by atoms with Crippen LogP contribution in [0.1, 0.15) is 51.5 Å².